The van der Waals surface area contributed by atoms with Crippen molar-refractivity contribution in [3.05, 3.63) is 65.7 Å². The lowest BCUT2D eigenvalue weighted by molar-refractivity contribution is -0.139. The Morgan fingerprint density at radius 3 is 2.22 bits per heavy atom. The number of piperazine rings is 1. The first kappa shape index (κ1) is 19.4. The highest BCUT2D eigenvalue weighted by Gasteiger charge is 2.26. The fraction of sp³-hybridized carbons (Fsp3) is 0.435. The van der Waals surface area contributed by atoms with E-state index in [9.17, 15) is 4.79 Å². The van der Waals surface area contributed by atoms with E-state index in [0.717, 1.165) is 44.0 Å². The minimum absolute atomic E-state index is 0.0768. The maximum absolute atomic E-state index is 12.8. The van der Waals surface area contributed by atoms with E-state index >= 15 is 0 Å². The molecule has 0 aromatic heterocycles. The van der Waals surface area contributed by atoms with Gasteiger partial charge in [-0.15, -0.1) is 0 Å². The maximum atomic E-state index is 12.8. The Hall–Kier alpha value is -2.33. The quantitative estimate of drug-likeness (QED) is 0.777. The van der Waals surface area contributed by atoms with Crippen molar-refractivity contribution < 1.29 is 9.53 Å². The van der Waals surface area contributed by atoms with Gasteiger partial charge in [0.25, 0.3) is 5.91 Å². The summed E-state index contributed by atoms with van der Waals surface area (Å²) in [5.41, 5.74) is 2.46. The lowest BCUT2D eigenvalue weighted by Gasteiger charge is -2.36. The summed E-state index contributed by atoms with van der Waals surface area (Å²) in [4.78, 5) is 17.2. The van der Waals surface area contributed by atoms with Crippen molar-refractivity contribution in [1.82, 2.24) is 9.80 Å². The second-order valence-electron chi connectivity index (χ2n) is 7.54. The highest BCUT2D eigenvalue weighted by molar-refractivity contribution is 5.81. The predicted molar refractivity (Wildman–Crippen MR) is 109 cm³/mol. The van der Waals surface area contributed by atoms with Crippen LogP contribution in [0.3, 0.4) is 0 Å². The molecule has 0 spiro atoms. The van der Waals surface area contributed by atoms with E-state index in [1.54, 1.807) is 0 Å². The zero-order valence-electron chi connectivity index (χ0n) is 16.6. The van der Waals surface area contributed by atoms with Crippen molar-refractivity contribution in [2.45, 2.75) is 39.3 Å². The van der Waals surface area contributed by atoms with E-state index in [0.29, 0.717) is 5.92 Å². The van der Waals surface area contributed by atoms with Crippen molar-refractivity contribution in [2.24, 2.45) is 0 Å². The van der Waals surface area contributed by atoms with Crippen molar-refractivity contribution in [1.29, 1.82) is 0 Å². The number of nitrogens with zero attached hydrogens (tertiary/aromatic N) is 2. The maximum Gasteiger partial charge on any atom is 0.263 e. The molecule has 0 radical (unpaired) electrons. The van der Waals surface area contributed by atoms with E-state index < -0.39 is 6.10 Å². The lowest BCUT2D eigenvalue weighted by atomic mass is 10.0. The van der Waals surface area contributed by atoms with Crippen molar-refractivity contribution in [2.75, 3.05) is 26.2 Å². The zero-order valence-corrected chi connectivity index (χ0v) is 16.6. The Balaban J connectivity index is 1.53. The molecular weight excluding hydrogens is 336 g/mol. The molecule has 1 heterocycles. The summed E-state index contributed by atoms with van der Waals surface area (Å²) in [6.07, 6.45) is -0.467. The molecule has 1 amide bonds. The Bertz CT molecular complexity index is 737. The van der Waals surface area contributed by atoms with Crippen molar-refractivity contribution in [3.63, 3.8) is 0 Å². The van der Waals surface area contributed by atoms with E-state index in [2.05, 4.69) is 49.1 Å². The summed E-state index contributed by atoms with van der Waals surface area (Å²) >= 11 is 0. The Kier molecular flexibility index (Phi) is 6.51. The summed E-state index contributed by atoms with van der Waals surface area (Å²) < 4.78 is 6.04. The molecule has 4 nitrogen and oxygen atoms in total. The molecule has 2 aromatic rings. The zero-order chi connectivity index (χ0) is 19.2. The molecule has 0 aliphatic carbocycles. The van der Waals surface area contributed by atoms with Crippen LogP contribution in [0.4, 0.5) is 0 Å². The minimum atomic E-state index is -0.467. The number of rotatable bonds is 6. The number of carbonyl (C=O) groups is 1. The fourth-order valence-corrected chi connectivity index (χ4v) is 3.53. The average Bonchev–Trinajstić information content (AvgIpc) is 2.69. The molecular formula is C23H30N2O2. The van der Waals surface area contributed by atoms with Gasteiger partial charge in [0.1, 0.15) is 5.75 Å². The lowest BCUT2D eigenvalue weighted by Crippen LogP contribution is -2.51. The largest absolute Gasteiger partial charge is 0.481 e. The molecule has 1 fully saturated rings. The van der Waals surface area contributed by atoms with Crippen LogP contribution < -0.4 is 4.74 Å². The molecule has 1 aliphatic heterocycles. The minimum Gasteiger partial charge on any atom is -0.481 e. The van der Waals surface area contributed by atoms with E-state index in [1.807, 2.05) is 36.1 Å². The summed E-state index contributed by atoms with van der Waals surface area (Å²) in [7, 11) is 0. The first-order valence-corrected chi connectivity index (χ1v) is 9.85. The number of para-hydroxylation sites is 1. The Morgan fingerprint density at radius 2 is 1.56 bits per heavy atom. The van der Waals surface area contributed by atoms with Crippen LogP contribution in [0.1, 0.15) is 37.8 Å². The highest BCUT2D eigenvalue weighted by atomic mass is 16.5. The number of amides is 1. The van der Waals surface area contributed by atoms with Crippen molar-refractivity contribution in [3.8, 4) is 5.75 Å². The third-order valence-corrected chi connectivity index (χ3v) is 5.13. The van der Waals surface area contributed by atoms with Gasteiger partial charge in [0.05, 0.1) is 0 Å². The second kappa shape index (κ2) is 9.05. The van der Waals surface area contributed by atoms with Gasteiger partial charge >= 0.3 is 0 Å². The molecule has 1 saturated heterocycles. The van der Waals surface area contributed by atoms with Crippen LogP contribution in [-0.2, 0) is 11.3 Å². The van der Waals surface area contributed by atoms with Crippen LogP contribution in [0.15, 0.2) is 54.6 Å². The SMILES string of the molecule is CC(C)c1ccccc1O[C@@H](C)C(=O)N1CCN(Cc2ccccc2)CC1. The number of ether oxygens (including phenoxy) is 1. The summed E-state index contributed by atoms with van der Waals surface area (Å²) in [6, 6.07) is 18.5. The summed E-state index contributed by atoms with van der Waals surface area (Å²) in [6.45, 7) is 10.4. The molecule has 0 saturated carbocycles. The van der Waals surface area contributed by atoms with Crippen molar-refractivity contribution >= 4 is 5.91 Å². The average molecular weight is 367 g/mol. The molecule has 27 heavy (non-hydrogen) atoms. The Labute approximate surface area is 162 Å². The number of carbonyl (C=O) groups excluding carboxylic acids is 1. The molecule has 4 heteroatoms. The van der Waals surface area contributed by atoms with Crippen LogP contribution >= 0.6 is 0 Å². The summed E-state index contributed by atoms with van der Waals surface area (Å²) in [5.74, 6) is 1.26. The van der Waals surface area contributed by atoms with Crippen LogP contribution in [0, 0.1) is 0 Å². The van der Waals surface area contributed by atoms with Crippen LogP contribution in [0.2, 0.25) is 0 Å². The molecule has 0 bridgehead atoms. The van der Waals surface area contributed by atoms with E-state index in [-0.39, 0.29) is 5.91 Å². The molecule has 144 valence electrons. The molecule has 0 unspecified atom stereocenters. The normalized spacial score (nSPS) is 16.4. The monoisotopic (exact) mass is 366 g/mol. The highest BCUT2D eigenvalue weighted by Crippen LogP contribution is 2.27. The molecule has 1 atom stereocenters. The smallest absolute Gasteiger partial charge is 0.263 e. The molecule has 0 N–H and O–H groups in total. The van der Waals surface area contributed by atoms with Crippen LogP contribution in [0.5, 0.6) is 5.75 Å². The van der Waals surface area contributed by atoms with Gasteiger partial charge in [-0.25, -0.2) is 0 Å². The van der Waals surface area contributed by atoms with Gasteiger partial charge in [0.2, 0.25) is 0 Å². The Morgan fingerprint density at radius 1 is 0.926 bits per heavy atom. The van der Waals surface area contributed by atoms with E-state index in [4.69, 9.17) is 4.74 Å². The van der Waals surface area contributed by atoms with Gasteiger partial charge in [0, 0.05) is 32.7 Å². The van der Waals surface area contributed by atoms with E-state index in [1.165, 1.54) is 5.56 Å². The molecule has 2 aromatic carbocycles. The first-order valence-electron chi connectivity index (χ1n) is 9.85. The van der Waals surface area contributed by atoms with Gasteiger partial charge in [-0.05, 0) is 30.0 Å². The number of benzene rings is 2. The number of hydrogen-bond acceptors (Lipinski definition) is 3. The molecule has 3 rings (SSSR count). The standard InChI is InChI=1S/C23H30N2O2/c1-18(2)21-11-7-8-12-22(21)27-19(3)23(26)25-15-13-24(14-16-25)17-20-9-5-4-6-10-20/h4-12,18-19H,13-17H2,1-3H3/t19-/m0/s1. The first-order chi connectivity index (χ1) is 13.0. The molecule has 1 aliphatic rings. The van der Waals surface area contributed by atoms with Gasteiger partial charge in [-0.2, -0.15) is 0 Å². The van der Waals surface area contributed by atoms with Gasteiger partial charge in [-0.3, -0.25) is 9.69 Å². The fourth-order valence-electron chi connectivity index (χ4n) is 3.53. The third-order valence-electron chi connectivity index (χ3n) is 5.13. The topological polar surface area (TPSA) is 32.8 Å². The van der Waals surface area contributed by atoms with Crippen LogP contribution in [0.25, 0.3) is 0 Å². The van der Waals surface area contributed by atoms with Gasteiger partial charge in [0.15, 0.2) is 6.10 Å². The second-order valence-corrected chi connectivity index (χ2v) is 7.54. The third kappa shape index (κ3) is 5.10. The summed E-state index contributed by atoms with van der Waals surface area (Å²) in [5, 5.41) is 0. The number of hydrogen-bond donors (Lipinski definition) is 0. The predicted octanol–water partition coefficient (Wildman–Crippen LogP) is 3.92. The van der Waals surface area contributed by atoms with Gasteiger partial charge < -0.3 is 9.64 Å². The van der Waals surface area contributed by atoms with Crippen LogP contribution in [-0.4, -0.2) is 48.0 Å². The van der Waals surface area contributed by atoms with Gasteiger partial charge in [-0.1, -0.05) is 62.4 Å².